The maximum absolute atomic E-state index is 9.91. The van der Waals surface area contributed by atoms with Gasteiger partial charge in [0, 0.05) is 10.8 Å². The van der Waals surface area contributed by atoms with Crippen molar-refractivity contribution in [1.82, 2.24) is 0 Å². The number of rotatable bonds is 6. The zero-order chi connectivity index (χ0) is 26.9. The highest BCUT2D eigenvalue weighted by Crippen LogP contribution is 2.43. The van der Waals surface area contributed by atoms with Crippen molar-refractivity contribution in [2.45, 2.75) is 24.7 Å². The van der Waals surface area contributed by atoms with Gasteiger partial charge in [-0.1, -0.05) is 72.8 Å². The van der Waals surface area contributed by atoms with E-state index in [0.717, 1.165) is 33.4 Å². The van der Waals surface area contributed by atoms with Crippen molar-refractivity contribution in [3.63, 3.8) is 0 Å². The molecule has 0 spiro atoms. The van der Waals surface area contributed by atoms with Crippen LogP contribution in [0.1, 0.15) is 47.2 Å². The summed E-state index contributed by atoms with van der Waals surface area (Å²) in [7, 11) is 0. The molecule has 0 radical (unpaired) electrons. The van der Waals surface area contributed by atoms with Crippen LogP contribution in [0.15, 0.2) is 121 Å². The van der Waals surface area contributed by atoms with E-state index in [1.807, 2.05) is 48.5 Å². The maximum Gasteiger partial charge on any atom is 0.115 e. The Kier molecular flexibility index (Phi) is 6.33. The summed E-state index contributed by atoms with van der Waals surface area (Å²) in [5.74, 6) is 0.817. The number of hydrogen-bond acceptors (Lipinski definition) is 4. The van der Waals surface area contributed by atoms with Gasteiger partial charge in [-0.25, -0.2) is 0 Å². The fourth-order valence-corrected chi connectivity index (χ4v) is 5.32. The van der Waals surface area contributed by atoms with E-state index in [-0.39, 0.29) is 23.0 Å². The summed E-state index contributed by atoms with van der Waals surface area (Å²) >= 11 is 0. The lowest BCUT2D eigenvalue weighted by Gasteiger charge is -2.35. The lowest BCUT2D eigenvalue weighted by molar-refractivity contribution is 0.473. The minimum absolute atomic E-state index is 0.204. The van der Waals surface area contributed by atoms with Crippen LogP contribution in [0.5, 0.6) is 23.0 Å². The van der Waals surface area contributed by atoms with E-state index < -0.39 is 10.8 Å². The molecule has 4 nitrogen and oxygen atoms in total. The SMILES string of the molecule is CC(c1ccc(O)cc1)(c1ccc(O)cc1)c1ccc(C(C)(c2ccc(O)cc2)c2ccc(O)cc2)cc1. The van der Waals surface area contributed by atoms with Gasteiger partial charge in [-0.2, -0.15) is 0 Å². The third-order valence-corrected chi connectivity index (χ3v) is 7.82. The van der Waals surface area contributed by atoms with Gasteiger partial charge < -0.3 is 20.4 Å². The van der Waals surface area contributed by atoms with Crippen LogP contribution in [-0.2, 0) is 10.8 Å². The molecule has 0 aliphatic heterocycles. The molecule has 190 valence electrons. The first-order chi connectivity index (χ1) is 18.2. The van der Waals surface area contributed by atoms with Crippen molar-refractivity contribution < 1.29 is 20.4 Å². The fourth-order valence-electron chi connectivity index (χ4n) is 5.32. The second-order valence-electron chi connectivity index (χ2n) is 10.0. The zero-order valence-corrected chi connectivity index (χ0v) is 21.3. The first kappa shape index (κ1) is 25.0. The first-order valence-electron chi connectivity index (χ1n) is 12.5. The molecular formula is C34H30O4. The van der Waals surface area contributed by atoms with Gasteiger partial charge >= 0.3 is 0 Å². The van der Waals surface area contributed by atoms with Crippen molar-refractivity contribution >= 4 is 0 Å². The van der Waals surface area contributed by atoms with E-state index in [1.165, 1.54) is 0 Å². The molecule has 0 amide bonds. The van der Waals surface area contributed by atoms with E-state index in [9.17, 15) is 20.4 Å². The highest BCUT2D eigenvalue weighted by molar-refractivity contribution is 5.55. The second kappa shape index (κ2) is 9.64. The Balaban J connectivity index is 1.66. The number of benzene rings is 5. The molecule has 0 unspecified atom stereocenters. The van der Waals surface area contributed by atoms with Gasteiger partial charge in [-0.3, -0.25) is 0 Å². The van der Waals surface area contributed by atoms with Crippen LogP contribution in [-0.4, -0.2) is 20.4 Å². The standard InChI is InChI=1S/C34H30O4/c1-33(25-7-15-29(35)16-8-25,26-9-17-30(36)18-10-26)23-3-5-24(6-4-23)34(2,27-11-19-31(37)20-12-27)28-13-21-32(38)22-14-28/h3-22,35-38H,1-2H3. The molecular weight excluding hydrogens is 472 g/mol. The summed E-state index contributed by atoms with van der Waals surface area (Å²) in [5.41, 5.74) is 5.04. The summed E-state index contributed by atoms with van der Waals surface area (Å²) in [6.45, 7) is 4.28. The van der Waals surface area contributed by atoms with E-state index in [4.69, 9.17) is 0 Å². The molecule has 0 bridgehead atoms. The Bertz CT molecular complexity index is 1310. The Morgan fingerprint density at radius 3 is 0.579 bits per heavy atom. The number of phenolic OH excluding ortho intramolecular Hbond substituents is 4. The third kappa shape index (κ3) is 4.35. The van der Waals surface area contributed by atoms with E-state index >= 15 is 0 Å². The summed E-state index contributed by atoms with van der Waals surface area (Å²) in [6.07, 6.45) is 0. The number of aromatic hydroxyl groups is 4. The molecule has 0 aromatic heterocycles. The molecule has 5 aromatic rings. The molecule has 4 heteroatoms. The average Bonchev–Trinajstić information content (AvgIpc) is 2.94. The molecule has 4 N–H and O–H groups in total. The Morgan fingerprint density at radius 1 is 0.289 bits per heavy atom. The van der Waals surface area contributed by atoms with Gasteiger partial charge in [0.2, 0.25) is 0 Å². The average molecular weight is 503 g/mol. The summed E-state index contributed by atoms with van der Waals surface area (Å²) in [6, 6.07) is 37.4. The molecule has 0 heterocycles. The highest BCUT2D eigenvalue weighted by atomic mass is 16.3. The van der Waals surface area contributed by atoms with Crippen LogP contribution in [0.4, 0.5) is 0 Å². The second-order valence-corrected chi connectivity index (χ2v) is 10.0. The summed E-state index contributed by atoms with van der Waals surface area (Å²) < 4.78 is 0. The minimum atomic E-state index is -0.548. The molecule has 5 rings (SSSR count). The Hall–Kier alpha value is -4.70. The van der Waals surface area contributed by atoms with Crippen LogP contribution in [0.25, 0.3) is 0 Å². The fraction of sp³-hybridized carbons (Fsp3) is 0.118. The van der Waals surface area contributed by atoms with Crippen LogP contribution in [0, 0.1) is 0 Å². The van der Waals surface area contributed by atoms with Crippen LogP contribution >= 0.6 is 0 Å². The lowest BCUT2D eigenvalue weighted by atomic mass is 9.68. The van der Waals surface area contributed by atoms with Gasteiger partial charge in [-0.15, -0.1) is 0 Å². The smallest absolute Gasteiger partial charge is 0.115 e. The molecule has 0 aliphatic carbocycles. The van der Waals surface area contributed by atoms with E-state index in [2.05, 4.69) is 38.1 Å². The van der Waals surface area contributed by atoms with Gasteiger partial charge in [0.1, 0.15) is 23.0 Å². The highest BCUT2D eigenvalue weighted by Gasteiger charge is 2.34. The Morgan fingerprint density at radius 2 is 0.421 bits per heavy atom. The predicted molar refractivity (Wildman–Crippen MR) is 150 cm³/mol. The predicted octanol–water partition coefficient (Wildman–Crippen LogP) is 7.22. The Labute approximate surface area is 222 Å². The molecule has 0 fully saturated rings. The van der Waals surface area contributed by atoms with Crippen LogP contribution in [0.2, 0.25) is 0 Å². The van der Waals surface area contributed by atoms with Crippen molar-refractivity contribution in [2.75, 3.05) is 0 Å². The van der Waals surface area contributed by atoms with Crippen molar-refractivity contribution in [3.8, 4) is 23.0 Å². The van der Waals surface area contributed by atoms with Gasteiger partial charge in [0.05, 0.1) is 0 Å². The number of phenols is 4. The van der Waals surface area contributed by atoms with Gasteiger partial charge in [0.25, 0.3) is 0 Å². The lowest BCUT2D eigenvalue weighted by Crippen LogP contribution is -2.27. The van der Waals surface area contributed by atoms with Crippen molar-refractivity contribution in [2.24, 2.45) is 0 Å². The molecule has 38 heavy (non-hydrogen) atoms. The molecule has 0 saturated heterocycles. The monoisotopic (exact) mass is 502 g/mol. The molecule has 0 atom stereocenters. The van der Waals surface area contributed by atoms with E-state index in [1.54, 1.807) is 48.5 Å². The van der Waals surface area contributed by atoms with Crippen molar-refractivity contribution in [1.29, 1.82) is 0 Å². The third-order valence-electron chi connectivity index (χ3n) is 7.82. The topological polar surface area (TPSA) is 80.9 Å². The van der Waals surface area contributed by atoms with Gasteiger partial charge in [-0.05, 0) is 95.8 Å². The van der Waals surface area contributed by atoms with E-state index in [0.29, 0.717) is 0 Å². The quantitative estimate of drug-likeness (QED) is 0.185. The first-order valence-corrected chi connectivity index (χ1v) is 12.5. The van der Waals surface area contributed by atoms with Gasteiger partial charge in [0.15, 0.2) is 0 Å². The van der Waals surface area contributed by atoms with Crippen LogP contribution < -0.4 is 0 Å². The van der Waals surface area contributed by atoms with Crippen molar-refractivity contribution in [3.05, 3.63) is 155 Å². The molecule has 5 aromatic carbocycles. The summed E-state index contributed by atoms with van der Waals surface area (Å²) in [5, 5.41) is 39.6. The summed E-state index contributed by atoms with van der Waals surface area (Å²) in [4.78, 5) is 0. The number of hydrogen-bond donors (Lipinski definition) is 4. The largest absolute Gasteiger partial charge is 0.508 e. The minimum Gasteiger partial charge on any atom is -0.508 e. The maximum atomic E-state index is 9.91. The molecule has 0 saturated carbocycles. The zero-order valence-electron chi connectivity index (χ0n) is 21.3. The normalized spacial score (nSPS) is 11.8. The van der Waals surface area contributed by atoms with Crippen LogP contribution in [0.3, 0.4) is 0 Å². The molecule has 0 aliphatic rings.